The van der Waals surface area contributed by atoms with E-state index in [-0.39, 0.29) is 10.6 Å². The Labute approximate surface area is 106 Å². The summed E-state index contributed by atoms with van der Waals surface area (Å²) in [5, 5.41) is 18.5. The maximum absolute atomic E-state index is 13.5. The van der Waals surface area contributed by atoms with E-state index >= 15 is 0 Å². The van der Waals surface area contributed by atoms with Crippen molar-refractivity contribution in [2.75, 3.05) is 12.3 Å². The predicted octanol–water partition coefficient (Wildman–Crippen LogP) is -0.0774. The second-order valence-corrected chi connectivity index (χ2v) is 4.21. The number of nitrogen functional groups attached to an aromatic ring is 1. The number of aliphatic hydroxyl groups is 2. The van der Waals surface area contributed by atoms with E-state index in [2.05, 4.69) is 4.98 Å². The zero-order chi connectivity index (χ0) is 13.4. The van der Waals surface area contributed by atoms with Crippen molar-refractivity contribution >= 4 is 18.0 Å². The molecule has 0 aromatic carbocycles. The smallest absolute Gasteiger partial charge is 0.203 e. The quantitative estimate of drug-likeness (QED) is 0.656. The first-order valence-corrected chi connectivity index (χ1v) is 5.49. The van der Waals surface area contributed by atoms with E-state index in [0.29, 0.717) is 0 Å². The number of hydrogen-bond acceptors (Lipinski definition) is 6. The van der Waals surface area contributed by atoms with Crippen LogP contribution in [0, 0.1) is 10.6 Å². The standard InChI is InChI=1S/C9H11F2N3O3S/c10-3-1-14(9(18)13-7(3)12)8-6(16)5(11)4(2-15)17-8/h1,4-6,8,15-16H,2H2,(H2,12,13,18)/t4-,5+,6?,8-/m1/s1. The maximum atomic E-state index is 13.5. The summed E-state index contributed by atoms with van der Waals surface area (Å²) >= 11 is 4.83. The van der Waals surface area contributed by atoms with Crippen LogP contribution in [0.5, 0.6) is 0 Å². The molecule has 1 aromatic rings. The summed E-state index contributed by atoms with van der Waals surface area (Å²) in [6.07, 6.45) is -4.91. The third kappa shape index (κ3) is 2.09. The minimum atomic E-state index is -1.79. The minimum Gasteiger partial charge on any atom is -0.394 e. The van der Waals surface area contributed by atoms with Gasteiger partial charge in [0.1, 0.15) is 12.2 Å². The molecule has 6 nitrogen and oxygen atoms in total. The van der Waals surface area contributed by atoms with Gasteiger partial charge in [-0.15, -0.1) is 0 Å². The molecule has 1 saturated heterocycles. The summed E-state index contributed by atoms with van der Waals surface area (Å²) in [5.41, 5.74) is 5.22. The zero-order valence-electron chi connectivity index (χ0n) is 9.03. The Morgan fingerprint density at radius 1 is 1.61 bits per heavy atom. The third-order valence-electron chi connectivity index (χ3n) is 2.68. The normalized spacial score (nSPS) is 31.8. The van der Waals surface area contributed by atoms with Gasteiger partial charge in [-0.2, -0.15) is 4.98 Å². The average molecular weight is 279 g/mol. The third-order valence-corrected chi connectivity index (χ3v) is 2.98. The predicted molar refractivity (Wildman–Crippen MR) is 59.3 cm³/mol. The number of aromatic nitrogens is 2. The summed E-state index contributed by atoms with van der Waals surface area (Å²) < 4.78 is 32.7. The molecule has 0 bridgehead atoms. The molecule has 0 saturated carbocycles. The molecule has 9 heteroatoms. The molecule has 2 heterocycles. The molecule has 1 aliphatic heterocycles. The summed E-state index contributed by atoms with van der Waals surface area (Å²) in [6, 6.07) is 0. The number of ether oxygens (including phenoxy) is 1. The zero-order valence-corrected chi connectivity index (χ0v) is 9.85. The lowest BCUT2D eigenvalue weighted by atomic mass is 10.1. The van der Waals surface area contributed by atoms with E-state index in [1.165, 1.54) is 0 Å². The Kier molecular flexibility index (Phi) is 3.57. The summed E-state index contributed by atoms with van der Waals surface area (Å²) in [5.74, 6) is -1.25. The number of alkyl halides is 1. The van der Waals surface area contributed by atoms with Gasteiger partial charge >= 0.3 is 0 Å². The molecule has 1 fully saturated rings. The van der Waals surface area contributed by atoms with Crippen LogP contribution in [-0.2, 0) is 4.74 Å². The summed E-state index contributed by atoms with van der Waals surface area (Å²) in [7, 11) is 0. The van der Waals surface area contributed by atoms with Crippen molar-refractivity contribution in [1.82, 2.24) is 9.55 Å². The van der Waals surface area contributed by atoms with Gasteiger partial charge in [-0.1, -0.05) is 0 Å². The van der Waals surface area contributed by atoms with Crippen LogP contribution in [0.4, 0.5) is 14.6 Å². The number of anilines is 1. The van der Waals surface area contributed by atoms with Gasteiger partial charge in [0.25, 0.3) is 0 Å². The number of nitrogens with zero attached hydrogens (tertiary/aromatic N) is 2. The van der Waals surface area contributed by atoms with Crippen molar-refractivity contribution in [2.45, 2.75) is 24.6 Å². The molecule has 1 unspecified atom stereocenters. The van der Waals surface area contributed by atoms with Gasteiger partial charge in [-0.05, 0) is 12.2 Å². The molecular formula is C9H11F2N3O3S. The fraction of sp³-hybridized carbons (Fsp3) is 0.556. The van der Waals surface area contributed by atoms with Crippen molar-refractivity contribution < 1.29 is 23.7 Å². The van der Waals surface area contributed by atoms with Crippen LogP contribution in [-0.4, -0.2) is 44.8 Å². The monoisotopic (exact) mass is 279 g/mol. The van der Waals surface area contributed by atoms with E-state index < -0.39 is 37.0 Å². The molecule has 4 N–H and O–H groups in total. The van der Waals surface area contributed by atoms with Crippen molar-refractivity contribution in [3.63, 3.8) is 0 Å². The van der Waals surface area contributed by atoms with Crippen LogP contribution in [0.2, 0.25) is 0 Å². The van der Waals surface area contributed by atoms with E-state index in [1.54, 1.807) is 0 Å². The van der Waals surface area contributed by atoms with Crippen LogP contribution in [0.3, 0.4) is 0 Å². The maximum Gasteiger partial charge on any atom is 0.203 e. The lowest BCUT2D eigenvalue weighted by molar-refractivity contribution is -0.0531. The number of nitrogens with two attached hydrogens (primary N) is 1. The van der Waals surface area contributed by atoms with Crippen molar-refractivity contribution in [1.29, 1.82) is 0 Å². The highest BCUT2D eigenvalue weighted by Crippen LogP contribution is 2.31. The van der Waals surface area contributed by atoms with Crippen LogP contribution < -0.4 is 5.73 Å². The SMILES string of the molecule is Nc1nc(=S)n([C@@H]2O[C@H](CO)[C@H](F)C2O)cc1F. The van der Waals surface area contributed by atoms with Crippen molar-refractivity contribution in [3.8, 4) is 0 Å². The number of aliphatic hydroxyl groups excluding tert-OH is 2. The Hall–Kier alpha value is -1.16. The summed E-state index contributed by atoms with van der Waals surface area (Å²) in [4.78, 5) is 3.53. The van der Waals surface area contributed by atoms with Gasteiger partial charge in [0, 0.05) is 6.20 Å². The van der Waals surface area contributed by atoms with E-state index in [1.807, 2.05) is 0 Å². The van der Waals surface area contributed by atoms with Gasteiger partial charge in [-0.25, -0.2) is 8.78 Å². The molecule has 0 radical (unpaired) electrons. The van der Waals surface area contributed by atoms with Crippen LogP contribution >= 0.6 is 12.2 Å². The molecule has 0 amide bonds. The highest BCUT2D eigenvalue weighted by molar-refractivity contribution is 7.71. The molecular weight excluding hydrogens is 268 g/mol. The van der Waals surface area contributed by atoms with Crippen LogP contribution in [0.1, 0.15) is 6.23 Å². The van der Waals surface area contributed by atoms with Crippen molar-refractivity contribution in [2.24, 2.45) is 0 Å². The number of halogens is 2. The lowest BCUT2D eigenvalue weighted by Gasteiger charge is -2.18. The molecule has 1 aromatic heterocycles. The Morgan fingerprint density at radius 2 is 2.28 bits per heavy atom. The lowest BCUT2D eigenvalue weighted by Crippen LogP contribution is -2.29. The number of hydrogen-bond donors (Lipinski definition) is 3. The number of rotatable bonds is 2. The Morgan fingerprint density at radius 3 is 2.83 bits per heavy atom. The molecule has 4 atom stereocenters. The van der Waals surface area contributed by atoms with Gasteiger partial charge in [0.15, 0.2) is 24.0 Å². The molecule has 0 aliphatic carbocycles. The van der Waals surface area contributed by atoms with E-state index in [0.717, 1.165) is 10.8 Å². The largest absolute Gasteiger partial charge is 0.394 e. The first-order valence-electron chi connectivity index (χ1n) is 5.08. The highest BCUT2D eigenvalue weighted by atomic mass is 32.1. The minimum absolute atomic E-state index is 0.149. The van der Waals surface area contributed by atoms with Gasteiger partial charge in [0.2, 0.25) is 4.77 Å². The first-order chi connectivity index (χ1) is 8.45. The Balaban J connectivity index is 2.39. The molecule has 18 heavy (non-hydrogen) atoms. The highest BCUT2D eigenvalue weighted by Gasteiger charge is 2.45. The van der Waals surface area contributed by atoms with E-state index in [4.69, 9.17) is 27.8 Å². The van der Waals surface area contributed by atoms with Gasteiger partial charge in [-0.3, -0.25) is 4.57 Å². The van der Waals surface area contributed by atoms with Crippen LogP contribution in [0.25, 0.3) is 0 Å². The summed E-state index contributed by atoms with van der Waals surface area (Å²) in [6.45, 7) is -0.604. The fourth-order valence-electron chi connectivity index (χ4n) is 1.73. The van der Waals surface area contributed by atoms with Gasteiger partial charge in [0.05, 0.1) is 6.61 Å². The topological polar surface area (TPSA) is 93.5 Å². The fourth-order valence-corrected chi connectivity index (χ4v) is 1.98. The molecule has 0 spiro atoms. The molecule has 2 rings (SSSR count). The first kappa shape index (κ1) is 13.3. The van der Waals surface area contributed by atoms with E-state index in [9.17, 15) is 13.9 Å². The molecule has 100 valence electrons. The second-order valence-electron chi connectivity index (χ2n) is 3.85. The van der Waals surface area contributed by atoms with Crippen molar-refractivity contribution in [3.05, 3.63) is 16.8 Å². The van der Waals surface area contributed by atoms with Crippen LogP contribution in [0.15, 0.2) is 6.20 Å². The molecule has 1 aliphatic rings. The average Bonchev–Trinajstić information content (AvgIpc) is 2.61. The van der Waals surface area contributed by atoms with Gasteiger partial charge < -0.3 is 20.7 Å². The second kappa shape index (κ2) is 4.84. The Bertz CT molecular complexity index is 512.